The van der Waals surface area contributed by atoms with Gasteiger partial charge in [0, 0.05) is 5.41 Å². The standard InChI is InChI=1S/C21H24F2/c1-5-13(3)21(14(4)6-2)19-11-15(22)7-9-17(19)18-10-8-16(23)12-20(18)21/h7-14H,5-6H2,1-4H3. The molecule has 23 heavy (non-hydrogen) atoms. The number of fused-ring (bicyclic) bond motifs is 3. The molecule has 0 bridgehead atoms. The molecule has 0 nitrogen and oxygen atoms in total. The molecule has 2 atom stereocenters. The summed E-state index contributed by atoms with van der Waals surface area (Å²) in [5.41, 5.74) is 3.85. The Kier molecular flexibility index (Phi) is 4.03. The highest BCUT2D eigenvalue weighted by atomic mass is 19.1. The van der Waals surface area contributed by atoms with Crippen LogP contribution in [0.4, 0.5) is 8.78 Å². The van der Waals surface area contributed by atoms with Crippen LogP contribution in [0.5, 0.6) is 0 Å². The zero-order valence-electron chi connectivity index (χ0n) is 14.3. The molecule has 1 aliphatic rings. The van der Waals surface area contributed by atoms with Gasteiger partial charge in [-0.1, -0.05) is 52.7 Å². The van der Waals surface area contributed by atoms with Gasteiger partial charge in [-0.15, -0.1) is 0 Å². The van der Waals surface area contributed by atoms with Gasteiger partial charge >= 0.3 is 0 Å². The van der Waals surface area contributed by atoms with Crippen LogP contribution >= 0.6 is 0 Å². The van der Waals surface area contributed by atoms with E-state index in [0.29, 0.717) is 11.8 Å². The van der Waals surface area contributed by atoms with Gasteiger partial charge < -0.3 is 0 Å². The van der Waals surface area contributed by atoms with Gasteiger partial charge in [0.2, 0.25) is 0 Å². The second-order valence-electron chi connectivity index (χ2n) is 6.87. The Bertz CT molecular complexity index is 669. The van der Waals surface area contributed by atoms with E-state index in [0.717, 1.165) is 35.1 Å². The minimum absolute atomic E-state index is 0.215. The molecular formula is C21H24F2. The molecule has 0 spiro atoms. The maximum Gasteiger partial charge on any atom is 0.123 e. The zero-order valence-corrected chi connectivity index (χ0v) is 14.3. The average Bonchev–Trinajstić information content (AvgIpc) is 2.83. The van der Waals surface area contributed by atoms with Crippen LogP contribution in [0.1, 0.15) is 51.7 Å². The Morgan fingerprint density at radius 2 is 1.17 bits per heavy atom. The molecule has 0 N–H and O–H groups in total. The Morgan fingerprint density at radius 1 is 0.783 bits per heavy atom. The van der Waals surface area contributed by atoms with E-state index >= 15 is 0 Å². The minimum atomic E-state index is -0.321. The van der Waals surface area contributed by atoms with E-state index in [1.807, 2.05) is 12.1 Å². The first-order valence-corrected chi connectivity index (χ1v) is 8.57. The number of halogens is 2. The molecule has 0 fully saturated rings. The van der Waals surface area contributed by atoms with Crippen molar-refractivity contribution in [1.82, 2.24) is 0 Å². The van der Waals surface area contributed by atoms with Crippen LogP contribution in [-0.2, 0) is 5.41 Å². The molecule has 1 aliphatic carbocycles. The second-order valence-corrected chi connectivity index (χ2v) is 6.87. The smallest absolute Gasteiger partial charge is 0.123 e. The van der Waals surface area contributed by atoms with Gasteiger partial charge in [0.05, 0.1) is 0 Å². The van der Waals surface area contributed by atoms with Gasteiger partial charge in [0.25, 0.3) is 0 Å². The second kappa shape index (κ2) is 5.74. The minimum Gasteiger partial charge on any atom is -0.207 e. The van der Waals surface area contributed by atoms with Crippen molar-refractivity contribution in [2.24, 2.45) is 11.8 Å². The maximum atomic E-state index is 14.1. The lowest BCUT2D eigenvalue weighted by molar-refractivity contribution is 0.234. The molecule has 2 unspecified atom stereocenters. The molecule has 0 aliphatic heterocycles. The van der Waals surface area contributed by atoms with Crippen LogP contribution in [-0.4, -0.2) is 0 Å². The summed E-state index contributed by atoms with van der Waals surface area (Å²) >= 11 is 0. The first-order valence-electron chi connectivity index (χ1n) is 8.57. The van der Waals surface area contributed by atoms with E-state index in [4.69, 9.17) is 0 Å². The summed E-state index contributed by atoms with van der Waals surface area (Å²) < 4.78 is 28.1. The molecule has 0 radical (unpaired) electrons. The van der Waals surface area contributed by atoms with Crippen LogP contribution in [0.25, 0.3) is 11.1 Å². The fourth-order valence-corrected chi connectivity index (χ4v) is 4.52. The average molecular weight is 314 g/mol. The van der Waals surface area contributed by atoms with E-state index in [2.05, 4.69) is 27.7 Å². The molecule has 0 saturated carbocycles. The SMILES string of the molecule is CCC(C)C1(C(C)CC)c2cc(F)ccc2-c2ccc(F)cc21. The third-order valence-corrected chi connectivity index (χ3v) is 5.92. The van der Waals surface area contributed by atoms with Gasteiger partial charge in [-0.05, 0) is 58.4 Å². The summed E-state index contributed by atoms with van der Waals surface area (Å²) in [7, 11) is 0. The highest BCUT2D eigenvalue weighted by Crippen LogP contribution is 2.58. The highest BCUT2D eigenvalue weighted by molar-refractivity contribution is 5.81. The van der Waals surface area contributed by atoms with E-state index in [1.54, 1.807) is 12.1 Å². The molecule has 0 heterocycles. The normalized spacial score (nSPS) is 17.5. The molecule has 2 aromatic rings. The van der Waals surface area contributed by atoms with Crippen molar-refractivity contribution >= 4 is 0 Å². The van der Waals surface area contributed by atoms with Crippen molar-refractivity contribution in [3.8, 4) is 11.1 Å². The van der Waals surface area contributed by atoms with Crippen molar-refractivity contribution in [3.05, 3.63) is 59.2 Å². The molecule has 2 heteroatoms. The Labute approximate surface area is 137 Å². The lowest BCUT2D eigenvalue weighted by atomic mass is 9.60. The lowest BCUT2D eigenvalue weighted by Crippen LogP contribution is -2.39. The molecule has 3 rings (SSSR count). The van der Waals surface area contributed by atoms with Crippen molar-refractivity contribution in [2.45, 2.75) is 46.0 Å². The van der Waals surface area contributed by atoms with E-state index in [-0.39, 0.29) is 17.0 Å². The lowest BCUT2D eigenvalue weighted by Gasteiger charge is -2.42. The largest absolute Gasteiger partial charge is 0.207 e. The Balaban J connectivity index is 2.42. The molecule has 0 aromatic heterocycles. The van der Waals surface area contributed by atoms with Gasteiger partial charge in [-0.25, -0.2) is 8.78 Å². The molecular weight excluding hydrogens is 290 g/mol. The van der Waals surface area contributed by atoms with Crippen LogP contribution in [0.3, 0.4) is 0 Å². The summed E-state index contributed by atoms with van der Waals surface area (Å²) in [6, 6.07) is 10.1. The van der Waals surface area contributed by atoms with Crippen molar-refractivity contribution in [1.29, 1.82) is 0 Å². The van der Waals surface area contributed by atoms with Gasteiger partial charge in [-0.3, -0.25) is 0 Å². The maximum absolute atomic E-state index is 14.1. The highest BCUT2D eigenvalue weighted by Gasteiger charge is 2.49. The van der Waals surface area contributed by atoms with Crippen molar-refractivity contribution in [2.75, 3.05) is 0 Å². The topological polar surface area (TPSA) is 0 Å². The Hall–Kier alpha value is -1.70. The number of benzene rings is 2. The number of hydrogen-bond acceptors (Lipinski definition) is 0. The molecule has 2 aromatic carbocycles. The molecule has 0 amide bonds. The van der Waals surface area contributed by atoms with E-state index in [1.165, 1.54) is 12.1 Å². The fourth-order valence-electron chi connectivity index (χ4n) is 4.52. The summed E-state index contributed by atoms with van der Waals surface area (Å²) in [5, 5.41) is 0. The van der Waals surface area contributed by atoms with Crippen LogP contribution in [0.15, 0.2) is 36.4 Å². The quantitative estimate of drug-likeness (QED) is 0.619. The predicted octanol–water partition coefficient (Wildman–Crippen LogP) is 6.32. The van der Waals surface area contributed by atoms with Crippen LogP contribution in [0.2, 0.25) is 0 Å². The third kappa shape index (κ3) is 2.14. The van der Waals surface area contributed by atoms with E-state index in [9.17, 15) is 8.78 Å². The first-order chi connectivity index (χ1) is 11.0. The molecule has 0 saturated heterocycles. The first kappa shape index (κ1) is 16.2. The van der Waals surface area contributed by atoms with Crippen molar-refractivity contribution in [3.63, 3.8) is 0 Å². The monoisotopic (exact) mass is 314 g/mol. The van der Waals surface area contributed by atoms with Gasteiger partial charge in [-0.2, -0.15) is 0 Å². The van der Waals surface area contributed by atoms with Crippen LogP contribution in [0, 0.1) is 23.5 Å². The van der Waals surface area contributed by atoms with Crippen LogP contribution < -0.4 is 0 Å². The number of rotatable bonds is 4. The predicted molar refractivity (Wildman–Crippen MR) is 91.5 cm³/mol. The summed E-state index contributed by atoms with van der Waals surface area (Å²) in [6.07, 6.45) is 1.94. The zero-order chi connectivity index (χ0) is 16.8. The van der Waals surface area contributed by atoms with Gasteiger partial charge in [0.15, 0.2) is 0 Å². The summed E-state index contributed by atoms with van der Waals surface area (Å²) in [6.45, 7) is 8.73. The van der Waals surface area contributed by atoms with Gasteiger partial charge in [0.1, 0.15) is 11.6 Å². The summed E-state index contributed by atoms with van der Waals surface area (Å²) in [4.78, 5) is 0. The van der Waals surface area contributed by atoms with Crippen molar-refractivity contribution < 1.29 is 8.78 Å². The Morgan fingerprint density at radius 3 is 1.52 bits per heavy atom. The fraction of sp³-hybridized carbons (Fsp3) is 0.429. The van der Waals surface area contributed by atoms with E-state index < -0.39 is 0 Å². The molecule has 122 valence electrons. The number of hydrogen-bond donors (Lipinski definition) is 0. The summed E-state index contributed by atoms with van der Waals surface area (Å²) in [5.74, 6) is 0.183. The third-order valence-electron chi connectivity index (χ3n) is 5.92.